The highest BCUT2D eigenvalue weighted by atomic mass is 35.5. The quantitative estimate of drug-likeness (QED) is 0.868. The van der Waals surface area contributed by atoms with Crippen LogP contribution < -0.4 is 4.74 Å². The molecule has 5 heteroatoms. The molecule has 94 valence electrons. The highest BCUT2D eigenvalue weighted by Crippen LogP contribution is 2.36. The van der Waals surface area contributed by atoms with Crippen LogP contribution in [0.15, 0.2) is 6.07 Å². The number of aryl methyl sites for hydroxylation is 1. The smallest absolute Gasteiger partial charge is 0.313 e. The molecule has 1 unspecified atom stereocenters. The van der Waals surface area contributed by atoms with Crippen LogP contribution in [0.4, 0.5) is 0 Å². The molecule has 2 N–H and O–H groups in total. The third kappa shape index (κ3) is 2.53. The number of hydrogen-bond donors (Lipinski definition) is 2. The number of aliphatic hydroxyl groups is 1. The molecule has 17 heavy (non-hydrogen) atoms. The standard InChI is InChI=1S/C12H15ClO4/c1-6-4-9(17-3)10(7(2)11(6)13)8(5-14)12(15)16/h4,8,14H,5H2,1-3H3,(H,15,16). The van der Waals surface area contributed by atoms with E-state index in [2.05, 4.69) is 0 Å². The zero-order valence-corrected chi connectivity index (χ0v) is 10.7. The van der Waals surface area contributed by atoms with Gasteiger partial charge < -0.3 is 14.9 Å². The first-order valence-corrected chi connectivity index (χ1v) is 5.49. The van der Waals surface area contributed by atoms with Crippen LogP contribution in [0.1, 0.15) is 22.6 Å². The Labute approximate surface area is 105 Å². The second-order valence-electron chi connectivity index (χ2n) is 3.82. The molecular weight excluding hydrogens is 244 g/mol. The minimum atomic E-state index is -1.10. The van der Waals surface area contributed by atoms with Gasteiger partial charge in [-0.05, 0) is 31.0 Å². The summed E-state index contributed by atoms with van der Waals surface area (Å²) in [4.78, 5) is 11.1. The lowest BCUT2D eigenvalue weighted by molar-refractivity contribution is -0.139. The monoisotopic (exact) mass is 258 g/mol. The topological polar surface area (TPSA) is 66.8 Å². The summed E-state index contributed by atoms with van der Waals surface area (Å²) in [5.41, 5.74) is 1.87. The van der Waals surface area contributed by atoms with Gasteiger partial charge in [0.25, 0.3) is 0 Å². The average molecular weight is 259 g/mol. The first kappa shape index (κ1) is 13.8. The van der Waals surface area contributed by atoms with Crippen LogP contribution in [0.3, 0.4) is 0 Å². The molecule has 0 amide bonds. The van der Waals surface area contributed by atoms with E-state index in [1.54, 1.807) is 13.0 Å². The van der Waals surface area contributed by atoms with Gasteiger partial charge >= 0.3 is 5.97 Å². The second kappa shape index (κ2) is 5.38. The first-order chi connectivity index (χ1) is 7.93. The van der Waals surface area contributed by atoms with Crippen molar-refractivity contribution < 1.29 is 19.7 Å². The summed E-state index contributed by atoms with van der Waals surface area (Å²) < 4.78 is 5.16. The summed E-state index contributed by atoms with van der Waals surface area (Å²) in [6.45, 7) is 3.04. The number of ether oxygens (including phenoxy) is 1. The van der Waals surface area contributed by atoms with Gasteiger partial charge in [-0.25, -0.2) is 0 Å². The number of halogens is 1. The van der Waals surface area contributed by atoms with Crippen molar-refractivity contribution in [3.8, 4) is 5.75 Å². The molecule has 0 saturated carbocycles. The Hall–Kier alpha value is -1.26. The summed E-state index contributed by atoms with van der Waals surface area (Å²) in [6, 6.07) is 1.68. The van der Waals surface area contributed by atoms with E-state index in [1.165, 1.54) is 7.11 Å². The van der Waals surface area contributed by atoms with Gasteiger partial charge in [0.2, 0.25) is 0 Å². The van der Waals surface area contributed by atoms with Gasteiger partial charge in [0.15, 0.2) is 0 Å². The van der Waals surface area contributed by atoms with Crippen LogP contribution in [0.2, 0.25) is 5.02 Å². The fourth-order valence-corrected chi connectivity index (χ4v) is 1.99. The molecule has 0 fully saturated rings. The number of benzene rings is 1. The lowest BCUT2D eigenvalue weighted by atomic mass is 9.93. The lowest BCUT2D eigenvalue weighted by Crippen LogP contribution is -2.18. The Bertz CT molecular complexity index is 443. The van der Waals surface area contributed by atoms with Crippen molar-refractivity contribution in [2.75, 3.05) is 13.7 Å². The van der Waals surface area contributed by atoms with Gasteiger partial charge in [0, 0.05) is 10.6 Å². The van der Waals surface area contributed by atoms with Crippen LogP contribution in [0.25, 0.3) is 0 Å². The minimum Gasteiger partial charge on any atom is -0.496 e. The molecule has 0 bridgehead atoms. The molecule has 0 spiro atoms. The fraction of sp³-hybridized carbons (Fsp3) is 0.417. The Balaban J connectivity index is 3.49. The molecule has 1 aromatic rings. The van der Waals surface area contributed by atoms with Gasteiger partial charge in [-0.1, -0.05) is 11.6 Å². The number of aliphatic hydroxyl groups excluding tert-OH is 1. The molecule has 0 radical (unpaired) electrons. The first-order valence-electron chi connectivity index (χ1n) is 5.11. The van der Waals surface area contributed by atoms with E-state index in [-0.39, 0.29) is 0 Å². The van der Waals surface area contributed by atoms with Crippen molar-refractivity contribution in [2.24, 2.45) is 0 Å². The fourth-order valence-electron chi connectivity index (χ4n) is 1.83. The molecule has 1 aromatic carbocycles. The summed E-state index contributed by atoms with van der Waals surface area (Å²) in [7, 11) is 1.46. The van der Waals surface area contributed by atoms with Gasteiger partial charge in [0.1, 0.15) is 11.7 Å². The van der Waals surface area contributed by atoms with Crippen LogP contribution >= 0.6 is 11.6 Å². The van der Waals surface area contributed by atoms with Gasteiger partial charge in [-0.15, -0.1) is 0 Å². The van der Waals surface area contributed by atoms with Crippen LogP contribution in [-0.2, 0) is 4.79 Å². The molecule has 4 nitrogen and oxygen atoms in total. The van der Waals surface area contributed by atoms with E-state index in [1.807, 2.05) is 6.92 Å². The Morgan fingerprint density at radius 1 is 1.53 bits per heavy atom. The average Bonchev–Trinajstić information content (AvgIpc) is 2.29. The van der Waals surface area contributed by atoms with Crippen molar-refractivity contribution in [1.29, 1.82) is 0 Å². The largest absolute Gasteiger partial charge is 0.496 e. The third-order valence-corrected chi connectivity index (χ3v) is 3.32. The summed E-state index contributed by atoms with van der Waals surface area (Å²) >= 11 is 6.09. The summed E-state index contributed by atoms with van der Waals surface area (Å²) in [5, 5.41) is 18.7. The van der Waals surface area contributed by atoms with Crippen molar-refractivity contribution in [1.82, 2.24) is 0 Å². The van der Waals surface area contributed by atoms with E-state index in [4.69, 9.17) is 21.4 Å². The molecule has 0 heterocycles. The summed E-state index contributed by atoms with van der Waals surface area (Å²) in [5.74, 6) is -1.69. The Kier molecular flexibility index (Phi) is 4.37. The van der Waals surface area contributed by atoms with E-state index in [9.17, 15) is 9.90 Å². The number of carboxylic acid groups (broad SMARTS) is 1. The van der Waals surface area contributed by atoms with Crippen LogP contribution in [0.5, 0.6) is 5.75 Å². The third-order valence-electron chi connectivity index (χ3n) is 2.74. The maximum Gasteiger partial charge on any atom is 0.313 e. The highest BCUT2D eigenvalue weighted by Gasteiger charge is 2.26. The second-order valence-corrected chi connectivity index (χ2v) is 4.20. The van der Waals surface area contributed by atoms with E-state index in [0.717, 1.165) is 5.56 Å². The van der Waals surface area contributed by atoms with Crippen molar-refractivity contribution in [3.63, 3.8) is 0 Å². The molecule has 0 aliphatic carbocycles. The number of methoxy groups -OCH3 is 1. The van der Waals surface area contributed by atoms with Crippen LogP contribution in [0, 0.1) is 13.8 Å². The Morgan fingerprint density at radius 2 is 2.12 bits per heavy atom. The van der Waals surface area contributed by atoms with Gasteiger partial charge in [0.05, 0.1) is 13.7 Å². The number of carbonyl (C=O) groups is 1. The van der Waals surface area contributed by atoms with Crippen LogP contribution in [-0.4, -0.2) is 29.9 Å². The SMILES string of the molecule is COc1cc(C)c(Cl)c(C)c1C(CO)C(=O)O. The molecular formula is C12H15ClO4. The maximum atomic E-state index is 11.1. The minimum absolute atomic E-state index is 0.429. The van der Waals surface area contributed by atoms with Crippen molar-refractivity contribution in [3.05, 3.63) is 27.8 Å². The Morgan fingerprint density at radius 3 is 2.53 bits per heavy atom. The molecule has 0 saturated heterocycles. The molecule has 1 atom stereocenters. The number of carboxylic acids is 1. The lowest BCUT2D eigenvalue weighted by Gasteiger charge is -2.19. The van der Waals surface area contributed by atoms with Crippen molar-refractivity contribution >= 4 is 17.6 Å². The van der Waals surface area contributed by atoms with E-state index in [0.29, 0.717) is 21.9 Å². The highest BCUT2D eigenvalue weighted by molar-refractivity contribution is 6.32. The number of hydrogen-bond acceptors (Lipinski definition) is 3. The molecule has 0 aromatic heterocycles. The summed E-state index contributed by atoms with van der Waals surface area (Å²) in [6.07, 6.45) is 0. The number of rotatable bonds is 4. The number of aliphatic carboxylic acids is 1. The van der Waals surface area contributed by atoms with Crippen molar-refractivity contribution in [2.45, 2.75) is 19.8 Å². The zero-order chi connectivity index (χ0) is 13.2. The molecule has 0 aliphatic rings. The van der Waals surface area contributed by atoms with E-state index < -0.39 is 18.5 Å². The maximum absolute atomic E-state index is 11.1. The molecule has 0 aliphatic heterocycles. The normalized spacial score (nSPS) is 12.3. The zero-order valence-electron chi connectivity index (χ0n) is 9.95. The predicted molar refractivity (Wildman–Crippen MR) is 64.9 cm³/mol. The van der Waals surface area contributed by atoms with Gasteiger partial charge in [-0.3, -0.25) is 4.79 Å². The predicted octanol–water partition coefficient (Wildman–Crippen LogP) is 2.13. The van der Waals surface area contributed by atoms with E-state index >= 15 is 0 Å². The molecule has 1 rings (SSSR count). The van der Waals surface area contributed by atoms with Gasteiger partial charge in [-0.2, -0.15) is 0 Å².